The molecule has 11 heavy (non-hydrogen) atoms. The number of methoxy groups -OCH3 is 1. The average Bonchev–Trinajstić information content (AvgIpc) is 2.50. The van der Waals surface area contributed by atoms with Crippen molar-refractivity contribution in [3.8, 4) is 0 Å². The molecule has 0 bridgehead atoms. The van der Waals surface area contributed by atoms with E-state index >= 15 is 0 Å². The van der Waals surface area contributed by atoms with Crippen LogP contribution in [0.5, 0.6) is 0 Å². The first-order chi connectivity index (χ1) is 5.43. The molecule has 1 atom stereocenters. The molecule has 0 spiro atoms. The van der Waals surface area contributed by atoms with E-state index in [0.717, 1.165) is 11.9 Å². The van der Waals surface area contributed by atoms with E-state index in [1.165, 1.54) is 31.4 Å². The van der Waals surface area contributed by atoms with Gasteiger partial charge < -0.3 is 4.74 Å². The van der Waals surface area contributed by atoms with Crippen LogP contribution in [-0.2, 0) is 4.74 Å². The predicted octanol–water partition coefficient (Wildman–Crippen LogP) is 2.96. The van der Waals surface area contributed by atoms with Gasteiger partial charge in [-0.05, 0) is 19.3 Å². The minimum absolute atomic E-state index is 0.935. The summed E-state index contributed by atoms with van der Waals surface area (Å²) in [6, 6.07) is 0. The van der Waals surface area contributed by atoms with Gasteiger partial charge in [0.25, 0.3) is 0 Å². The summed E-state index contributed by atoms with van der Waals surface area (Å²) in [7, 11) is 5.89. The van der Waals surface area contributed by atoms with Crippen LogP contribution in [0.25, 0.3) is 0 Å². The average molecular weight is 192 g/mol. The summed E-state index contributed by atoms with van der Waals surface area (Å²) in [4.78, 5) is 0. The van der Waals surface area contributed by atoms with Crippen LogP contribution in [0.4, 0.5) is 0 Å². The SMILES string of the molecule is COCCCCC1CCSS1. The molecule has 0 aromatic carbocycles. The zero-order valence-electron chi connectivity index (χ0n) is 7.04. The number of hydrogen-bond donors (Lipinski definition) is 0. The molecule has 1 rings (SSSR count). The predicted molar refractivity (Wildman–Crippen MR) is 54.2 cm³/mol. The van der Waals surface area contributed by atoms with E-state index in [4.69, 9.17) is 4.74 Å². The smallest absolute Gasteiger partial charge is 0.0462 e. The summed E-state index contributed by atoms with van der Waals surface area (Å²) in [6.45, 7) is 0.935. The van der Waals surface area contributed by atoms with Crippen LogP contribution in [0.1, 0.15) is 25.7 Å². The maximum absolute atomic E-state index is 4.99. The molecule has 0 saturated carbocycles. The second kappa shape index (κ2) is 6.21. The number of unbranched alkanes of at least 4 members (excludes halogenated alkanes) is 1. The van der Waals surface area contributed by atoms with Crippen LogP contribution < -0.4 is 0 Å². The third-order valence-electron chi connectivity index (χ3n) is 1.85. The molecule has 66 valence electrons. The van der Waals surface area contributed by atoms with Crippen molar-refractivity contribution in [3.05, 3.63) is 0 Å². The first-order valence-electron chi connectivity index (χ1n) is 4.20. The Labute approximate surface area is 77.0 Å². The van der Waals surface area contributed by atoms with E-state index in [1.54, 1.807) is 7.11 Å². The Morgan fingerprint density at radius 3 is 3.00 bits per heavy atom. The van der Waals surface area contributed by atoms with Gasteiger partial charge in [0.1, 0.15) is 0 Å². The second-order valence-corrected chi connectivity index (χ2v) is 5.60. The topological polar surface area (TPSA) is 9.23 Å². The quantitative estimate of drug-likeness (QED) is 0.489. The van der Waals surface area contributed by atoms with E-state index < -0.39 is 0 Å². The van der Waals surface area contributed by atoms with Crippen molar-refractivity contribution in [2.24, 2.45) is 0 Å². The van der Waals surface area contributed by atoms with E-state index in [-0.39, 0.29) is 0 Å². The first-order valence-corrected chi connectivity index (χ1v) is 6.59. The summed E-state index contributed by atoms with van der Waals surface area (Å²) < 4.78 is 4.99. The third kappa shape index (κ3) is 4.28. The van der Waals surface area contributed by atoms with Gasteiger partial charge in [0.2, 0.25) is 0 Å². The number of rotatable bonds is 5. The minimum Gasteiger partial charge on any atom is -0.385 e. The molecule has 1 heterocycles. The highest BCUT2D eigenvalue weighted by atomic mass is 33.1. The molecule has 0 aliphatic carbocycles. The molecule has 1 aliphatic rings. The van der Waals surface area contributed by atoms with Crippen molar-refractivity contribution in [2.45, 2.75) is 30.9 Å². The summed E-state index contributed by atoms with van der Waals surface area (Å²) in [6.07, 6.45) is 5.38. The fourth-order valence-corrected chi connectivity index (χ4v) is 4.21. The van der Waals surface area contributed by atoms with Gasteiger partial charge in [0.15, 0.2) is 0 Å². The second-order valence-electron chi connectivity index (χ2n) is 2.82. The summed E-state index contributed by atoms with van der Waals surface area (Å²) in [5.74, 6) is 1.36. The Kier molecular flexibility index (Phi) is 5.50. The summed E-state index contributed by atoms with van der Waals surface area (Å²) in [5, 5.41) is 0.942. The van der Waals surface area contributed by atoms with Gasteiger partial charge in [-0.2, -0.15) is 0 Å². The van der Waals surface area contributed by atoms with E-state index in [0.29, 0.717) is 0 Å². The molecular weight excluding hydrogens is 176 g/mol. The molecule has 1 unspecified atom stereocenters. The van der Waals surface area contributed by atoms with Crippen LogP contribution >= 0.6 is 21.6 Å². The standard InChI is InChI=1S/C8H16OS2/c1-9-6-3-2-4-8-5-7-10-11-8/h8H,2-7H2,1H3. The molecule has 1 nitrogen and oxygen atoms in total. The minimum atomic E-state index is 0.935. The highest BCUT2D eigenvalue weighted by molar-refractivity contribution is 8.77. The van der Waals surface area contributed by atoms with Crippen LogP contribution in [0.2, 0.25) is 0 Å². The van der Waals surface area contributed by atoms with Gasteiger partial charge in [0.05, 0.1) is 0 Å². The highest BCUT2D eigenvalue weighted by Gasteiger charge is 2.15. The highest BCUT2D eigenvalue weighted by Crippen LogP contribution is 2.39. The normalized spacial score (nSPS) is 24.3. The zero-order valence-corrected chi connectivity index (χ0v) is 8.68. The monoisotopic (exact) mass is 192 g/mol. The molecule has 1 saturated heterocycles. The fraction of sp³-hybridized carbons (Fsp3) is 1.00. The molecule has 0 amide bonds. The van der Waals surface area contributed by atoms with Crippen LogP contribution in [0, 0.1) is 0 Å². The molecule has 0 radical (unpaired) electrons. The van der Waals surface area contributed by atoms with E-state index in [2.05, 4.69) is 10.8 Å². The molecule has 0 N–H and O–H groups in total. The van der Waals surface area contributed by atoms with Crippen molar-refractivity contribution in [3.63, 3.8) is 0 Å². The maximum Gasteiger partial charge on any atom is 0.0462 e. The molecule has 0 aromatic heterocycles. The van der Waals surface area contributed by atoms with Crippen LogP contribution in [-0.4, -0.2) is 24.7 Å². The fourth-order valence-electron chi connectivity index (χ4n) is 1.18. The zero-order chi connectivity index (χ0) is 7.94. The number of ether oxygens (including phenoxy) is 1. The summed E-state index contributed by atoms with van der Waals surface area (Å²) in [5.41, 5.74) is 0. The maximum atomic E-state index is 4.99. The van der Waals surface area contributed by atoms with E-state index in [9.17, 15) is 0 Å². The van der Waals surface area contributed by atoms with Crippen LogP contribution in [0.15, 0.2) is 0 Å². The van der Waals surface area contributed by atoms with Gasteiger partial charge in [-0.1, -0.05) is 28.0 Å². The molecule has 1 aliphatic heterocycles. The van der Waals surface area contributed by atoms with Crippen molar-refractivity contribution >= 4 is 21.6 Å². The van der Waals surface area contributed by atoms with Gasteiger partial charge in [-0.25, -0.2) is 0 Å². The van der Waals surface area contributed by atoms with Gasteiger partial charge in [-0.15, -0.1) is 0 Å². The molecular formula is C8H16OS2. The number of hydrogen-bond acceptors (Lipinski definition) is 3. The lowest BCUT2D eigenvalue weighted by molar-refractivity contribution is 0.192. The van der Waals surface area contributed by atoms with Crippen LogP contribution in [0.3, 0.4) is 0 Å². The lowest BCUT2D eigenvalue weighted by Gasteiger charge is -2.05. The van der Waals surface area contributed by atoms with Gasteiger partial charge >= 0.3 is 0 Å². The Morgan fingerprint density at radius 1 is 1.45 bits per heavy atom. The van der Waals surface area contributed by atoms with Crippen molar-refractivity contribution < 1.29 is 4.74 Å². The Hall–Kier alpha value is 0.660. The Morgan fingerprint density at radius 2 is 2.36 bits per heavy atom. The Bertz CT molecular complexity index is 92.1. The van der Waals surface area contributed by atoms with Gasteiger partial charge in [-0.3, -0.25) is 0 Å². The summed E-state index contributed by atoms with van der Waals surface area (Å²) >= 11 is 0. The third-order valence-corrected chi connectivity index (χ3v) is 4.86. The first kappa shape index (κ1) is 9.75. The molecule has 0 aromatic rings. The van der Waals surface area contributed by atoms with Crippen molar-refractivity contribution in [1.82, 2.24) is 0 Å². The largest absolute Gasteiger partial charge is 0.385 e. The lowest BCUT2D eigenvalue weighted by atomic mass is 10.1. The van der Waals surface area contributed by atoms with Gasteiger partial charge in [0, 0.05) is 24.7 Å². The molecule has 1 fully saturated rings. The van der Waals surface area contributed by atoms with Crippen molar-refractivity contribution in [2.75, 3.05) is 19.5 Å². The lowest BCUT2D eigenvalue weighted by Crippen LogP contribution is -1.98. The van der Waals surface area contributed by atoms with E-state index in [1.807, 2.05) is 10.8 Å². The van der Waals surface area contributed by atoms with Crippen molar-refractivity contribution in [1.29, 1.82) is 0 Å². The Balaban J connectivity index is 1.86. The molecule has 3 heteroatoms.